The maximum absolute atomic E-state index is 13.2. The minimum Gasteiger partial charge on any atom is -0.295 e. The fourth-order valence-corrected chi connectivity index (χ4v) is 2.25. The highest BCUT2D eigenvalue weighted by Gasteiger charge is 2.11. The van der Waals surface area contributed by atoms with Crippen molar-refractivity contribution in [1.82, 2.24) is 9.55 Å². The largest absolute Gasteiger partial charge is 0.329 e. The van der Waals surface area contributed by atoms with Crippen molar-refractivity contribution in [2.75, 3.05) is 12.0 Å². The zero-order valence-electron chi connectivity index (χ0n) is 10.2. The number of hydrogen-bond donors (Lipinski definition) is 1. The summed E-state index contributed by atoms with van der Waals surface area (Å²) in [5.74, 6) is 0.00877. The van der Waals surface area contributed by atoms with Crippen LogP contribution < -0.4 is 11.2 Å². The molecule has 0 unspecified atom stereocenters. The number of aromatic nitrogens is 2. The second-order valence-electron chi connectivity index (χ2n) is 3.92. The first-order valence-electron chi connectivity index (χ1n) is 5.75. The van der Waals surface area contributed by atoms with E-state index in [1.54, 1.807) is 11.8 Å². The first-order valence-corrected chi connectivity index (χ1v) is 7.52. The summed E-state index contributed by atoms with van der Waals surface area (Å²) in [6.45, 7) is 0.224. The fourth-order valence-electron chi connectivity index (χ4n) is 1.59. The van der Waals surface area contributed by atoms with Gasteiger partial charge >= 0.3 is 5.69 Å². The average Bonchev–Trinajstić information content (AvgIpc) is 2.34. The molecule has 1 heterocycles. The number of aromatic amines is 1. The molecule has 0 aromatic carbocycles. The van der Waals surface area contributed by atoms with Gasteiger partial charge in [0.2, 0.25) is 5.82 Å². The Morgan fingerprint density at radius 3 is 2.61 bits per heavy atom. The normalized spacial score (nSPS) is 10.8. The lowest BCUT2D eigenvalue weighted by Gasteiger charge is -2.05. The zero-order chi connectivity index (χ0) is 13.5. The van der Waals surface area contributed by atoms with Gasteiger partial charge in [-0.1, -0.05) is 24.4 Å². The molecule has 1 aromatic rings. The summed E-state index contributed by atoms with van der Waals surface area (Å²) >= 11 is 7.15. The number of unbranched alkanes of at least 4 members (excludes halogenated alkanes) is 3. The van der Waals surface area contributed by atoms with Crippen LogP contribution >= 0.6 is 23.4 Å². The maximum atomic E-state index is 13.2. The standard InChI is InChI=1S/C11H16ClFN2O2S/c1-18-7-5-3-2-4-6-15-10(16)8(13)9(12)14-11(15)17/h2-7H2,1H3,(H,14,17). The van der Waals surface area contributed by atoms with Crippen molar-refractivity contribution in [3.63, 3.8) is 0 Å². The first-order chi connectivity index (χ1) is 8.57. The number of nitrogens with one attached hydrogen (secondary N) is 1. The molecule has 0 aliphatic heterocycles. The van der Waals surface area contributed by atoms with Crippen LogP contribution in [0.15, 0.2) is 9.59 Å². The molecule has 7 heteroatoms. The van der Waals surface area contributed by atoms with E-state index in [0.29, 0.717) is 6.42 Å². The van der Waals surface area contributed by atoms with Gasteiger partial charge in [-0.05, 0) is 24.9 Å². The Kier molecular flexibility index (Phi) is 6.49. The van der Waals surface area contributed by atoms with E-state index < -0.39 is 22.2 Å². The van der Waals surface area contributed by atoms with Gasteiger partial charge in [-0.25, -0.2) is 4.79 Å². The van der Waals surface area contributed by atoms with Crippen molar-refractivity contribution >= 4 is 23.4 Å². The summed E-state index contributed by atoms with van der Waals surface area (Å²) < 4.78 is 14.1. The van der Waals surface area contributed by atoms with Crippen molar-refractivity contribution in [3.8, 4) is 0 Å². The van der Waals surface area contributed by atoms with Crippen LogP contribution in [0, 0.1) is 5.82 Å². The lowest BCUT2D eigenvalue weighted by molar-refractivity contribution is 0.510. The molecular weight excluding hydrogens is 279 g/mol. The Labute approximate surface area is 114 Å². The van der Waals surface area contributed by atoms with Crippen molar-refractivity contribution in [1.29, 1.82) is 0 Å². The van der Waals surface area contributed by atoms with E-state index in [9.17, 15) is 14.0 Å². The number of thioether (sulfide) groups is 1. The second kappa shape index (κ2) is 7.63. The van der Waals surface area contributed by atoms with Gasteiger partial charge in [0.25, 0.3) is 5.56 Å². The zero-order valence-corrected chi connectivity index (χ0v) is 11.7. The van der Waals surface area contributed by atoms with E-state index in [1.165, 1.54) is 0 Å². The topological polar surface area (TPSA) is 54.9 Å². The van der Waals surface area contributed by atoms with Crippen LogP contribution in [0.4, 0.5) is 4.39 Å². The van der Waals surface area contributed by atoms with Crippen LogP contribution in [-0.2, 0) is 6.54 Å². The Morgan fingerprint density at radius 2 is 1.94 bits per heavy atom. The molecule has 0 radical (unpaired) electrons. The first kappa shape index (κ1) is 15.3. The monoisotopic (exact) mass is 294 g/mol. The van der Waals surface area contributed by atoms with Gasteiger partial charge < -0.3 is 0 Å². The Hall–Kier alpha value is -0.750. The highest BCUT2D eigenvalue weighted by molar-refractivity contribution is 7.98. The molecule has 0 atom stereocenters. The lowest BCUT2D eigenvalue weighted by Crippen LogP contribution is -2.37. The van der Waals surface area contributed by atoms with E-state index >= 15 is 0 Å². The number of nitrogens with zero attached hydrogens (tertiary/aromatic N) is 1. The molecule has 4 nitrogen and oxygen atoms in total. The van der Waals surface area contributed by atoms with Crippen LogP contribution in [0.5, 0.6) is 0 Å². The molecule has 0 aliphatic rings. The van der Waals surface area contributed by atoms with E-state index in [2.05, 4.69) is 11.2 Å². The number of halogens is 2. The van der Waals surface area contributed by atoms with Crippen LogP contribution in [0.1, 0.15) is 25.7 Å². The highest BCUT2D eigenvalue weighted by Crippen LogP contribution is 2.06. The van der Waals surface area contributed by atoms with E-state index in [0.717, 1.165) is 29.6 Å². The lowest BCUT2D eigenvalue weighted by atomic mass is 10.2. The van der Waals surface area contributed by atoms with E-state index in [1.807, 2.05) is 0 Å². The minimum absolute atomic E-state index is 0.224. The summed E-state index contributed by atoms with van der Waals surface area (Å²) in [4.78, 5) is 25.0. The van der Waals surface area contributed by atoms with E-state index in [4.69, 9.17) is 11.6 Å². The second-order valence-corrected chi connectivity index (χ2v) is 5.29. The average molecular weight is 295 g/mol. The van der Waals surface area contributed by atoms with Gasteiger partial charge in [-0.2, -0.15) is 16.2 Å². The summed E-state index contributed by atoms with van der Waals surface area (Å²) in [7, 11) is 0. The minimum atomic E-state index is -1.10. The molecule has 0 fully saturated rings. The maximum Gasteiger partial charge on any atom is 0.329 e. The molecule has 0 spiro atoms. The van der Waals surface area contributed by atoms with Gasteiger partial charge in [0.05, 0.1) is 0 Å². The molecular formula is C11H16ClFN2O2S. The van der Waals surface area contributed by atoms with Crippen LogP contribution in [0.2, 0.25) is 5.15 Å². The molecule has 1 aromatic heterocycles. The smallest absolute Gasteiger partial charge is 0.295 e. The summed E-state index contributed by atoms with van der Waals surface area (Å²) in [5, 5.41) is -0.527. The summed E-state index contributed by atoms with van der Waals surface area (Å²) in [6, 6.07) is 0. The van der Waals surface area contributed by atoms with Crippen LogP contribution in [-0.4, -0.2) is 21.6 Å². The Morgan fingerprint density at radius 1 is 1.28 bits per heavy atom. The van der Waals surface area contributed by atoms with Gasteiger partial charge in [-0.15, -0.1) is 0 Å². The molecule has 1 rings (SSSR count). The number of H-pyrrole nitrogens is 1. The van der Waals surface area contributed by atoms with E-state index in [-0.39, 0.29) is 6.54 Å². The Balaban J connectivity index is 2.56. The third kappa shape index (κ3) is 4.17. The molecule has 102 valence electrons. The molecule has 0 aliphatic carbocycles. The molecule has 0 saturated carbocycles. The molecule has 0 saturated heterocycles. The molecule has 0 bridgehead atoms. The third-order valence-corrected chi connectivity index (χ3v) is 3.52. The van der Waals surface area contributed by atoms with Crippen LogP contribution in [0.25, 0.3) is 0 Å². The third-order valence-electron chi connectivity index (χ3n) is 2.57. The van der Waals surface area contributed by atoms with Gasteiger partial charge in [0.1, 0.15) is 0 Å². The number of rotatable bonds is 7. The van der Waals surface area contributed by atoms with Crippen molar-refractivity contribution in [2.24, 2.45) is 0 Å². The predicted molar refractivity (Wildman–Crippen MR) is 73.1 cm³/mol. The highest BCUT2D eigenvalue weighted by atomic mass is 35.5. The van der Waals surface area contributed by atoms with Gasteiger partial charge in [0.15, 0.2) is 5.15 Å². The summed E-state index contributed by atoms with van der Waals surface area (Å²) in [6.07, 6.45) is 5.80. The van der Waals surface area contributed by atoms with Gasteiger partial charge in [0, 0.05) is 6.54 Å². The van der Waals surface area contributed by atoms with Crippen molar-refractivity contribution in [2.45, 2.75) is 32.2 Å². The molecule has 18 heavy (non-hydrogen) atoms. The van der Waals surface area contributed by atoms with Gasteiger partial charge in [-0.3, -0.25) is 14.3 Å². The summed E-state index contributed by atoms with van der Waals surface area (Å²) in [5.41, 5.74) is -1.61. The Bertz CT molecular complexity index is 501. The molecule has 1 N–H and O–H groups in total. The quantitative estimate of drug-likeness (QED) is 0.620. The molecule has 0 amide bonds. The van der Waals surface area contributed by atoms with Crippen molar-refractivity contribution in [3.05, 3.63) is 31.8 Å². The SMILES string of the molecule is CSCCCCCCn1c(=O)[nH]c(Cl)c(F)c1=O. The fraction of sp³-hybridized carbons (Fsp3) is 0.636. The van der Waals surface area contributed by atoms with Crippen LogP contribution in [0.3, 0.4) is 0 Å². The van der Waals surface area contributed by atoms with Crippen molar-refractivity contribution < 1.29 is 4.39 Å². The number of hydrogen-bond acceptors (Lipinski definition) is 3. The predicted octanol–water partition coefficient (Wildman–Crippen LogP) is 2.25.